The maximum Gasteiger partial charge on any atom is 0.118 e. The second kappa shape index (κ2) is 8.70. The Balaban J connectivity index is 2.53. The monoisotopic (exact) mass is 311 g/mol. The summed E-state index contributed by atoms with van der Waals surface area (Å²) in [6.45, 7) is 15.0. The van der Waals surface area contributed by atoms with Gasteiger partial charge in [-0.05, 0) is 58.7 Å². The van der Waals surface area contributed by atoms with E-state index in [4.69, 9.17) is 9.15 Å². The highest BCUT2D eigenvalue weighted by Crippen LogP contribution is 2.13. The number of ether oxygens (including phenoxy) is 1. The van der Waals surface area contributed by atoms with E-state index >= 15 is 0 Å². The van der Waals surface area contributed by atoms with Gasteiger partial charge in [0, 0.05) is 6.54 Å². The molecule has 4 heteroatoms. The molecule has 4 nitrogen and oxygen atoms in total. The fourth-order valence-electron chi connectivity index (χ4n) is 2.16. The van der Waals surface area contributed by atoms with E-state index in [0.717, 1.165) is 31.0 Å². The molecular weight excluding hydrogens is 278 g/mol. The lowest BCUT2D eigenvalue weighted by atomic mass is 10.1. The third kappa shape index (κ3) is 8.57. The van der Waals surface area contributed by atoms with E-state index in [-0.39, 0.29) is 5.60 Å². The number of aryl methyl sites for hydroxylation is 1. The van der Waals surface area contributed by atoms with Gasteiger partial charge < -0.3 is 14.3 Å². The van der Waals surface area contributed by atoms with Gasteiger partial charge in [0.1, 0.15) is 11.5 Å². The van der Waals surface area contributed by atoms with Crippen LogP contribution in [0.15, 0.2) is 16.5 Å². The van der Waals surface area contributed by atoms with Crippen LogP contribution in [0.5, 0.6) is 0 Å². The third-order valence-corrected chi connectivity index (χ3v) is 3.38. The van der Waals surface area contributed by atoms with Gasteiger partial charge in [-0.2, -0.15) is 0 Å². The molecule has 0 saturated heterocycles. The van der Waals surface area contributed by atoms with Gasteiger partial charge in [0.15, 0.2) is 0 Å². The van der Waals surface area contributed by atoms with Crippen LogP contribution in [0.1, 0.15) is 52.6 Å². The summed E-state index contributed by atoms with van der Waals surface area (Å²) in [5, 5.41) is 10.2. The molecule has 0 aliphatic rings. The molecule has 0 fully saturated rings. The molecule has 1 aromatic heterocycles. The molecule has 0 unspecified atom stereocenters. The molecule has 0 aliphatic heterocycles. The Hall–Kier alpha value is -0.840. The maximum absolute atomic E-state index is 10.2. The molecule has 0 aromatic carbocycles. The fraction of sp³-hybridized carbons (Fsp3) is 0.778. The van der Waals surface area contributed by atoms with E-state index in [1.165, 1.54) is 0 Å². The minimum Gasteiger partial charge on any atom is -0.465 e. The van der Waals surface area contributed by atoms with Gasteiger partial charge in [-0.25, -0.2) is 0 Å². The summed E-state index contributed by atoms with van der Waals surface area (Å²) in [4.78, 5) is 2.24. The highest BCUT2D eigenvalue weighted by atomic mass is 16.5. The van der Waals surface area contributed by atoms with Crippen molar-refractivity contribution in [2.45, 2.75) is 66.2 Å². The molecule has 0 saturated carbocycles. The number of furan rings is 1. The molecule has 0 radical (unpaired) electrons. The lowest BCUT2D eigenvalue weighted by molar-refractivity contribution is -0.0572. The summed E-state index contributed by atoms with van der Waals surface area (Å²) in [5.41, 5.74) is -0.220. The molecule has 1 atom stereocenters. The quantitative estimate of drug-likeness (QED) is 0.757. The lowest BCUT2D eigenvalue weighted by Gasteiger charge is -2.27. The molecule has 0 aliphatic carbocycles. The zero-order valence-electron chi connectivity index (χ0n) is 15.1. The molecule has 0 amide bonds. The van der Waals surface area contributed by atoms with Gasteiger partial charge in [-0.15, -0.1) is 0 Å². The Kier molecular flexibility index (Phi) is 7.60. The van der Waals surface area contributed by atoms with Crippen molar-refractivity contribution in [2.24, 2.45) is 5.92 Å². The van der Waals surface area contributed by atoms with Gasteiger partial charge >= 0.3 is 0 Å². The average molecular weight is 311 g/mol. The van der Waals surface area contributed by atoms with Crippen molar-refractivity contribution in [3.63, 3.8) is 0 Å². The predicted octanol–water partition coefficient (Wildman–Crippen LogP) is 3.61. The smallest absolute Gasteiger partial charge is 0.118 e. The van der Waals surface area contributed by atoms with Crippen molar-refractivity contribution in [1.82, 2.24) is 4.90 Å². The minimum atomic E-state index is -0.484. The number of aliphatic hydroxyl groups is 1. The highest BCUT2D eigenvalue weighted by molar-refractivity contribution is 5.05. The Labute approximate surface area is 135 Å². The van der Waals surface area contributed by atoms with Gasteiger partial charge in [0.2, 0.25) is 0 Å². The van der Waals surface area contributed by atoms with Crippen LogP contribution in [0.25, 0.3) is 0 Å². The van der Waals surface area contributed by atoms with Crippen molar-refractivity contribution < 1.29 is 14.3 Å². The third-order valence-electron chi connectivity index (χ3n) is 3.38. The van der Waals surface area contributed by atoms with Crippen LogP contribution in [0, 0.1) is 12.8 Å². The standard InChI is InChI=1S/C18H33NO3/c1-14(2)9-10-19(12-17-8-7-15(3)22-17)11-16(20)13-21-18(4,5)6/h7-8,14,16,20H,9-13H2,1-6H3/t16-/m1/s1. The van der Waals surface area contributed by atoms with Crippen molar-refractivity contribution in [3.05, 3.63) is 23.7 Å². The van der Waals surface area contributed by atoms with Crippen LogP contribution in [0.3, 0.4) is 0 Å². The van der Waals surface area contributed by atoms with Crippen LogP contribution in [0.4, 0.5) is 0 Å². The zero-order chi connectivity index (χ0) is 16.8. The van der Waals surface area contributed by atoms with E-state index < -0.39 is 6.10 Å². The molecule has 0 bridgehead atoms. The Morgan fingerprint density at radius 3 is 2.45 bits per heavy atom. The molecule has 1 rings (SSSR count). The first-order valence-corrected chi connectivity index (χ1v) is 8.25. The Morgan fingerprint density at radius 2 is 1.95 bits per heavy atom. The molecule has 1 aromatic rings. The maximum atomic E-state index is 10.2. The summed E-state index contributed by atoms with van der Waals surface area (Å²) in [6, 6.07) is 3.99. The molecule has 1 heterocycles. The first-order valence-electron chi connectivity index (χ1n) is 8.25. The summed E-state index contributed by atoms with van der Waals surface area (Å²) in [7, 11) is 0. The number of hydrogen-bond acceptors (Lipinski definition) is 4. The van der Waals surface area contributed by atoms with Crippen LogP contribution in [-0.2, 0) is 11.3 Å². The number of nitrogens with zero attached hydrogens (tertiary/aromatic N) is 1. The summed E-state index contributed by atoms with van der Waals surface area (Å²) in [6.07, 6.45) is 0.620. The second-order valence-electron chi connectivity index (χ2n) is 7.51. The van der Waals surface area contributed by atoms with Gasteiger partial charge in [0.25, 0.3) is 0 Å². The fourth-order valence-corrected chi connectivity index (χ4v) is 2.16. The SMILES string of the molecule is Cc1ccc(CN(CCC(C)C)C[C@@H](O)COC(C)(C)C)o1. The van der Waals surface area contributed by atoms with Gasteiger partial charge in [-0.1, -0.05) is 13.8 Å². The van der Waals surface area contributed by atoms with E-state index in [9.17, 15) is 5.11 Å². The lowest BCUT2D eigenvalue weighted by Crippen LogP contribution is -2.37. The van der Waals surface area contributed by atoms with Crippen LogP contribution in [0.2, 0.25) is 0 Å². The van der Waals surface area contributed by atoms with E-state index in [1.807, 2.05) is 39.8 Å². The van der Waals surface area contributed by atoms with Gasteiger partial charge in [-0.3, -0.25) is 4.90 Å². The number of hydrogen-bond donors (Lipinski definition) is 1. The molecule has 1 N–H and O–H groups in total. The molecule has 22 heavy (non-hydrogen) atoms. The van der Waals surface area contributed by atoms with E-state index in [1.54, 1.807) is 0 Å². The van der Waals surface area contributed by atoms with Crippen molar-refractivity contribution in [2.75, 3.05) is 19.7 Å². The van der Waals surface area contributed by atoms with Crippen molar-refractivity contribution in [1.29, 1.82) is 0 Å². The number of aliphatic hydroxyl groups excluding tert-OH is 1. The van der Waals surface area contributed by atoms with Crippen LogP contribution in [-0.4, -0.2) is 41.4 Å². The zero-order valence-corrected chi connectivity index (χ0v) is 15.1. The largest absolute Gasteiger partial charge is 0.465 e. The average Bonchev–Trinajstić information content (AvgIpc) is 2.78. The van der Waals surface area contributed by atoms with Crippen LogP contribution >= 0.6 is 0 Å². The molecular formula is C18H33NO3. The van der Waals surface area contributed by atoms with E-state index in [2.05, 4.69) is 18.7 Å². The van der Waals surface area contributed by atoms with Crippen molar-refractivity contribution in [3.8, 4) is 0 Å². The van der Waals surface area contributed by atoms with Gasteiger partial charge in [0.05, 0.1) is 24.9 Å². The van der Waals surface area contributed by atoms with E-state index in [0.29, 0.717) is 19.1 Å². The summed E-state index contributed by atoms with van der Waals surface area (Å²) >= 11 is 0. The topological polar surface area (TPSA) is 45.8 Å². The molecule has 128 valence electrons. The Morgan fingerprint density at radius 1 is 1.27 bits per heavy atom. The minimum absolute atomic E-state index is 0.220. The first kappa shape index (κ1) is 19.2. The summed E-state index contributed by atoms with van der Waals surface area (Å²) in [5.74, 6) is 2.52. The second-order valence-corrected chi connectivity index (χ2v) is 7.51. The predicted molar refractivity (Wildman–Crippen MR) is 89.9 cm³/mol. The number of rotatable bonds is 9. The molecule has 0 spiro atoms. The highest BCUT2D eigenvalue weighted by Gasteiger charge is 2.17. The Bertz CT molecular complexity index is 420. The van der Waals surface area contributed by atoms with Crippen LogP contribution < -0.4 is 0 Å². The summed E-state index contributed by atoms with van der Waals surface area (Å²) < 4.78 is 11.3. The first-order chi connectivity index (χ1) is 10.2. The van der Waals surface area contributed by atoms with Crippen molar-refractivity contribution >= 4 is 0 Å². The normalized spacial score (nSPS) is 14.0.